The van der Waals surface area contributed by atoms with E-state index in [9.17, 15) is 8.42 Å². The van der Waals surface area contributed by atoms with E-state index in [0.29, 0.717) is 29.7 Å². The maximum absolute atomic E-state index is 12.2. The molecule has 0 fully saturated rings. The smallest absolute Gasteiger partial charge is 0.240 e. The van der Waals surface area contributed by atoms with Crippen LogP contribution in [0.5, 0.6) is 0 Å². The molecule has 3 N–H and O–H groups in total. The van der Waals surface area contributed by atoms with Crippen LogP contribution < -0.4 is 10.5 Å². The summed E-state index contributed by atoms with van der Waals surface area (Å²) >= 11 is 5.94. The van der Waals surface area contributed by atoms with E-state index < -0.39 is 10.0 Å². The molecule has 21 heavy (non-hydrogen) atoms. The van der Waals surface area contributed by atoms with Gasteiger partial charge in [-0.2, -0.15) is 0 Å². The molecular weight excluding hydrogens is 310 g/mol. The van der Waals surface area contributed by atoms with E-state index in [-0.39, 0.29) is 11.4 Å². The Morgan fingerprint density at radius 2 is 2.10 bits per heavy atom. The Kier molecular flexibility index (Phi) is 7.09. The van der Waals surface area contributed by atoms with Crippen LogP contribution in [0.4, 0.5) is 0 Å². The van der Waals surface area contributed by atoms with Gasteiger partial charge >= 0.3 is 0 Å². The first-order chi connectivity index (χ1) is 9.81. The molecule has 1 rings (SSSR count). The predicted octanol–water partition coefficient (Wildman–Crippen LogP) is 1.81. The van der Waals surface area contributed by atoms with Gasteiger partial charge in [-0.05, 0) is 44.2 Å². The van der Waals surface area contributed by atoms with Crippen LogP contribution in [0, 0.1) is 0 Å². The zero-order chi connectivity index (χ0) is 16.0. The second-order valence-electron chi connectivity index (χ2n) is 5.09. The number of rotatable bonds is 8. The van der Waals surface area contributed by atoms with E-state index in [1.165, 1.54) is 12.1 Å². The minimum Gasteiger partial charge on any atom is -0.326 e. The van der Waals surface area contributed by atoms with Crippen molar-refractivity contribution in [2.75, 3.05) is 20.1 Å². The summed E-state index contributed by atoms with van der Waals surface area (Å²) in [4.78, 5) is 2.31. The van der Waals surface area contributed by atoms with E-state index in [1.54, 1.807) is 6.07 Å². The normalized spacial score (nSPS) is 13.6. The molecule has 0 aliphatic rings. The SMILES string of the molecule is CCC(C)N(C)CCNS(=O)(=O)c1ccc(Cl)c(CN)c1. The maximum Gasteiger partial charge on any atom is 0.240 e. The van der Waals surface area contributed by atoms with Gasteiger partial charge in [0.25, 0.3) is 0 Å². The van der Waals surface area contributed by atoms with Crippen molar-refractivity contribution >= 4 is 21.6 Å². The average Bonchev–Trinajstić information content (AvgIpc) is 2.46. The van der Waals surface area contributed by atoms with E-state index in [1.807, 2.05) is 7.05 Å². The van der Waals surface area contributed by atoms with Gasteiger partial charge in [-0.3, -0.25) is 0 Å². The molecule has 0 heterocycles. The molecule has 0 saturated carbocycles. The first-order valence-electron chi connectivity index (χ1n) is 7.00. The summed E-state index contributed by atoms with van der Waals surface area (Å²) in [7, 11) is -1.55. The summed E-state index contributed by atoms with van der Waals surface area (Å²) in [6, 6.07) is 4.99. The number of likely N-dealkylation sites (N-methyl/N-ethyl adjacent to an activating group) is 1. The van der Waals surface area contributed by atoms with Crippen molar-refractivity contribution in [3.63, 3.8) is 0 Å². The van der Waals surface area contributed by atoms with Crippen LogP contribution in [-0.4, -0.2) is 39.5 Å². The topological polar surface area (TPSA) is 75.4 Å². The number of sulfonamides is 1. The Balaban J connectivity index is 2.70. The molecule has 5 nitrogen and oxygen atoms in total. The second kappa shape index (κ2) is 8.10. The molecular formula is C14H24ClN3O2S. The zero-order valence-corrected chi connectivity index (χ0v) is 14.3. The van der Waals surface area contributed by atoms with Gasteiger partial charge in [-0.15, -0.1) is 0 Å². The van der Waals surface area contributed by atoms with E-state index >= 15 is 0 Å². The monoisotopic (exact) mass is 333 g/mol. The number of halogens is 1. The molecule has 0 spiro atoms. The summed E-state index contributed by atoms with van der Waals surface area (Å²) in [5.74, 6) is 0. The van der Waals surface area contributed by atoms with Crippen LogP contribution in [0.3, 0.4) is 0 Å². The number of nitrogens with two attached hydrogens (primary N) is 1. The van der Waals surface area contributed by atoms with Gasteiger partial charge in [-0.25, -0.2) is 13.1 Å². The molecule has 1 atom stereocenters. The largest absolute Gasteiger partial charge is 0.326 e. The molecule has 0 radical (unpaired) electrons. The molecule has 0 saturated heterocycles. The van der Waals surface area contributed by atoms with E-state index in [0.717, 1.165) is 6.42 Å². The molecule has 0 aliphatic heterocycles. The number of hydrogen-bond donors (Lipinski definition) is 2. The van der Waals surface area contributed by atoms with Gasteiger partial charge in [0.05, 0.1) is 4.90 Å². The van der Waals surface area contributed by atoms with Crippen molar-refractivity contribution in [2.24, 2.45) is 5.73 Å². The lowest BCUT2D eigenvalue weighted by Gasteiger charge is -2.23. The molecule has 7 heteroatoms. The Bertz CT molecular complexity index is 563. The van der Waals surface area contributed by atoms with Crippen LogP contribution in [0.1, 0.15) is 25.8 Å². The molecule has 1 unspecified atom stereocenters. The Labute approximate surface area is 132 Å². The van der Waals surface area contributed by atoms with E-state index in [2.05, 4.69) is 23.5 Å². The lowest BCUT2D eigenvalue weighted by atomic mass is 10.2. The van der Waals surface area contributed by atoms with Crippen molar-refractivity contribution < 1.29 is 8.42 Å². The minimum absolute atomic E-state index is 0.193. The lowest BCUT2D eigenvalue weighted by molar-refractivity contribution is 0.256. The quantitative estimate of drug-likeness (QED) is 0.760. The Hall–Kier alpha value is -0.660. The first kappa shape index (κ1) is 18.4. The van der Waals surface area contributed by atoms with Crippen LogP contribution in [-0.2, 0) is 16.6 Å². The van der Waals surface area contributed by atoms with Gasteiger partial charge in [0, 0.05) is 30.7 Å². The van der Waals surface area contributed by atoms with Crippen molar-refractivity contribution in [2.45, 2.75) is 37.8 Å². The number of nitrogens with zero attached hydrogens (tertiary/aromatic N) is 1. The molecule has 0 aromatic heterocycles. The summed E-state index contributed by atoms with van der Waals surface area (Å²) in [5.41, 5.74) is 6.17. The highest BCUT2D eigenvalue weighted by molar-refractivity contribution is 7.89. The lowest BCUT2D eigenvalue weighted by Crippen LogP contribution is -2.37. The fourth-order valence-electron chi connectivity index (χ4n) is 1.85. The van der Waals surface area contributed by atoms with Gasteiger partial charge in [0.2, 0.25) is 10.0 Å². The van der Waals surface area contributed by atoms with Crippen LogP contribution in [0.2, 0.25) is 5.02 Å². The number of hydrogen-bond acceptors (Lipinski definition) is 4. The van der Waals surface area contributed by atoms with Gasteiger partial charge in [0.15, 0.2) is 0 Å². The molecule has 120 valence electrons. The number of benzene rings is 1. The van der Waals surface area contributed by atoms with Gasteiger partial charge in [-0.1, -0.05) is 18.5 Å². The van der Waals surface area contributed by atoms with Crippen LogP contribution >= 0.6 is 11.6 Å². The predicted molar refractivity (Wildman–Crippen MR) is 86.9 cm³/mol. The Morgan fingerprint density at radius 1 is 1.43 bits per heavy atom. The summed E-state index contributed by atoms with van der Waals surface area (Å²) in [6.45, 7) is 5.45. The third kappa shape index (κ3) is 5.23. The first-order valence-corrected chi connectivity index (χ1v) is 8.86. The summed E-state index contributed by atoms with van der Waals surface area (Å²) in [6.07, 6.45) is 1.03. The highest BCUT2D eigenvalue weighted by Gasteiger charge is 2.16. The average molecular weight is 334 g/mol. The second-order valence-corrected chi connectivity index (χ2v) is 7.27. The van der Waals surface area contributed by atoms with Crippen molar-refractivity contribution in [3.8, 4) is 0 Å². The summed E-state index contributed by atoms with van der Waals surface area (Å²) in [5, 5.41) is 0.480. The van der Waals surface area contributed by atoms with Gasteiger partial charge < -0.3 is 10.6 Å². The Morgan fingerprint density at radius 3 is 2.67 bits per heavy atom. The minimum atomic E-state index is -3.53. The van der Waals surface area contributed by atoms with Crippen molar-refractivity contribution in [1.82, 2.24) is 9.62 Å². The molecule has 0 amide bonds. The van der Waals surface area contributed by atoms with Crippen LogP contribution in [0.15, 0.2) is 23.1 Å². The molecule has 1 aromatic rings. The third-order valence-corrected chi connectivity index (χ3v) is 5.47. The van der Waals surface area contributed by atoms with Crippen LogP contribution in [0.25, 0.3) is 0 Å². The molecule has 0 bridgehead atoms. The molecule has 0 aliphatic carbocycles. The maximum atomic E-state index is 12.2. The molecule has 1 aromatic carbocycles. The standard InChI is InChI=1S/C14H24ClN3O2S/c1-4-11(2)18(3)8-7-17-21(19,20)13-5-6-14(15)12(9-13)10-16/h5-6,9,11,17H,4,7-8,10,16H2,1-3H3. The fourth-order valence-corrected chi connectivity index (χ4v) is 3.11. The highest BCUT2D eigenvalue weighted by atomic mass is 35.5. The van der Waals surface area contributed by atoms with Crippen molar-refractivity contribution in [1.29, 1.82) is 0 Å². The highest BCUT2D eigenvalue weighted by Crippen LogP contribution is 2.19. The van der Waals surface area contributed by atoms with E-state index in [4.69, 9.17) is 17.3 Å². The van der Waals surface area contributed by atoms with Gasteiger partial charge in [0.1, 0.15) is 0 Å². The summed E-state index contributed by atoms with van der Waals surface area (Å²) < 4.78 is 27.0. The number of nitrogens with one attached hydrogen (secondary N) is 1. The van der Waals surface area contributed by atoms with Crippen molar-refractivity contribution in [3.05, 3.63) is 28.8 Å². The zero-order valence-electron chi connectivity index (χ0n) is 12.8. The third-order valence-electron chi connectivity index (χ3n) is 3.65. The fraction of sp³-hybridized carbons (Fsp3) is 0.571.